The summed E-state index contributed by atoms with van der Waals surface area (Å²) in [6.07, 6.45) is 2.98. The van der Waals surface area contributed by atoms with Gasteiger partial charge in [-0.2, -0.15) is 0 Å². The van der Waals surface area contributed by atoms with Gasteiger partial charge in [0.25, 0.3) is 0 Å². The van der Waals surface area contributed by atoms with Gasteiger partial charge in [0.05, 0.1) is 6.20 Å². The molecule has 0 aliphatic carbocycles. The summed E-state index contributed by atoms with van der Waals surface area (Å²) in [6.45, 7) is 0.301. The average molecular weight is 236 g/mol. The first kappa shape index (κ1) is 11.5. The summed E-state index contributed by atoms with van der Waals surface area (Å²) in [5, 5.41) is 0. The first-order valence-electron chi connectivity index (χ1n) is 4.96. The lowest BCUT2D eigenvalue weighted by Crippen LogP contribution is -1.98. The maximum Gasteiger partial charge on any atom is 0.166 e. The Labute approximate surface area is 96.9 Å². The normalized spacial score (nSPS) is 10.3. The second-order valence-electron chi connectivity index (χ2n) is 3.41. The average Bonchev–Trinajstić information content (AvgIpc) is 2.34. The standard InChI is InChI=1S/C12H10F2N2O/c13-9-1-2-11(14)12(4-9)17-10-3-8(5-15)6-16-7-10/h1-4,6-7H,5,15H2. The molecule has 0 fully saturated rings. The third-order valence-corrected chi connectivity index (χ3v) is 2.13. The maximum atomic E-state index is 13.3. The van der Waals surface area contributed by atoms with Gasteiger partial charge in [-0.15, -0.1) is 0 Å². The van der Waals surface area contributed by atoms with E-state index in [-0.39, 0.29) is 5.75 Å². The molecule has 2 rings (SSSR count). The minimum Gasteiger partial charge on any atom is -0.453 e. The molecule has 1 aromatic heterocycles. The molecule has 1 aromatic carbocycles. The van der Waals surface area contributed by atoms with E-state index in [1.807, 2.05) is 0 Å². The Morgan fingerprint density at radius 1 is 1.18 bits per heavy atom. The van der Waals surface area contributed by atoms with Crippen molar-refractivity contribution < 1.29 is 13.5 Å². The van der Waals surface area contributed by atoms with E-state index in [0.717, 1.165) is 23.8 Å². The van der Waals surface area contributed by atoms with Crippen molar-refractivity contribution in [2.75, 3.05) is 0 Å². The lowest BCUT2D eigenvalue weighted by atomic mass is 10.3. The molecular weight excluding hydrogens is 226 g/mol. The van der Waals surface area contributed by atoms with Gasteiger partial charge in [0.1, 0.15) is 11.6 Å². The molecule has 5 heteroatoms. The fourth-order valence-electron chi connectivity index (χ4n) is 1.31. The van der Waals surface area contributed by atoms with Crippen LogP contribution < -0.4 is 10.5 Å². The number of nitrogens with zero attached hydrogens (tertiary/aromatic N) is 1. The van der Waals surface area contributed by atoms with Crippen LogP contribution in [0.15, 0.2) is 36.7 Å². The zero-order chi connectivity index (χ0) is 12.3. The van der Waals surface area contributed by atoms with Gasteiger partial charge < -0.3 is 10.5 Å². The van der Waals surface area contributed by atoms with E-state index < -0.39 is 11.6 Å². The Morgan fingerprint density at radius 3 is 2.76 bits per heavy atom. The van der Waals surface area contributed by atoms with Crippen LogP contribution >= 0.6 is 0 Å². The highest BCUT2D eigenvalue weighted by Gasteiger charge is 2.06. The summed E-state index contributed by atoms with van der Waals surface area (Å²) in [5.74, 6) is -1.06. The fraction of sp³-hybridized carbons (Fsp3) is 0.0833. The molecule has 0 amide bonds. The molecule has 17 heavy (non-hydrogen) atoms. The monoisotopic (exact) mass is 236 g/mol. The lowest BCUT2D eigenvalue weighted by Gasteiger charge is -2.07. The van der Waals surface area contributed by atoms with E-state index in [1.165, 1.54) is 6.20 Å². The smallest absolute Gasteiger partial charge is 0.166 e. The van der Waals surface area contributed by atoms with Crippen molar-refractivity contribution in [1.82, 2.24) is 4.98 Å². The zero-order valence-corrected chi connectivity index (χ0v) is 8.86. The first-order valence-corrected chi connectivity index (χ1v) is 4.96. The van der Waals surface area contributed by atoms with Gasteiger partial charge in [-0.25, -0.2) is 8.78 Å². The number of hydrogen-bond acceptors (Lipinski definition) is 3. The van der Waals surface area contributed by atoms with Gasteiger partial charge in [0.2, 0.25) is 0 Å². The zero-order valence-electron chi connectivity index (χ0n) is 8.86. The number of nitrogens with two attached hydrogens (primary N) is 1. The third kappa shape index (κ3) is 2.76. The molecule has 2 aromatic rings. The van der Waals surface area contributed by atoms with Gasteiger partial charge in [0.15, 0.2) is 11.6 Å². The molecular formula is C12H10F2N2O. The van der Waals surface area contributed by atoms with Gasteiger partial charge in [-0.1, -0.05) is 0 Å². The van der Waals surface area contributed by atoms with E-state index in [1.54, 1.807) is 12.3 Å². The number of halogens is 2. The van der Waals surface area contributed by atoms with Crippen molar-refractivity contribution in [2.24, 2.45) is 5.73 Å². The van der Waals surface area contributed by atoms with Crippen molar-refractivity contribution in [3.05, 3.63) is 53.9 Å². The Morgan fingerprint density at radius 2 is 2.00 bits per heavy atom. The summed E-state index contributed by atoms with van der Waals surface area (Å²) in [7, 11) is 0. The Kier molecular flexibility index (Phi) is 3.30. The van der Waals surface area contributed by atoms with Gasteiger partial charge in [-0.3, -0.25) is 4.98 Å². The van der Waals surface area contributed by atoms with Crippen LogP contribution in [0.25, 0.3) is 0 Å². The van der Waals surface area contributed by atoms with Crippen molar-refractivity contribution in [1.29, 1.82) is 0 Å². The Bertz CT molecular complexity index is 532. The van der Waals surface area contributed by atoms with E-state index in [4.69, 9.17) is 10.5 Å². The van der Waals surface area contributed by atoms with Crippen LogP contribution in [0.4, 0.5) is 8.78 Å². The molecule has 0 unspecified atom stereocenters. The van der Waals surface area contributed by atoms with Crippen LogP contribution in [0, 0.1) is 11.6 Å². The predicted molar refractivity (Wildman–Crippen MR) is 58.6 cm³/mol. The van der Waals surface area contributed by atoms with Crippen molar-refractivity contribution in [3.8, 4) is 11.5 Å². The topological polar surface area (TPSA) is 48.1 Å². The molecule has 0 saturated heterocycles. The van der Waals surface area contributed by atoms with Crippen LogP contribution in [-0.4, -0.2) is 4.98 Å². The maximum absolute atomic E-state index is 13.3. The fourth-order valence-corrected chi connectivity index (χ4v) is 1.31. The highest BCUT2D eigenvalue weighted by molar-refractivity contribution is 5.32. The summed E-state index contributed by atoms with van der Waals surface area (Å²) >= 11 is 0. The van der Waals surface area contributed by atoms with Crippen molar-refractivity contribution in [2.45, 2.75) is 6.54 Å². The highest BCUT2D eigenvalue weighted by atomic mass is 19.1. The van der Waals surface area contributed by atoms with E-state index in [9.17, 15) is 8.78 Å². The molecule has 3 nitrogen and oxygen atoms in total. The van der Waals surface area contributed by atoms with Crippen LogP contribution in [0.2, 0.25) is 0 Å². The molecule has 2 N–H and O–H groups in total. The minimum absolute atomic E-state index is 0.180. The number of ether oxygens (including phenoxy) is 1. The van der Waals surface area contributed by atoms with E-state index in [0.29, 0.717) is 12.3 Å². The van der Waals surface area contributed by atoms with Gasteiger partial charge in [-0.05, 0) is 23.8 Å². The van der Waals surface area contributed by atoms with Crippen molar-refractivity contribution in [3.63, 3.8) is 0 Å². The number of aromatic nitrogens is 1. The molecule has 1 heterocycles. The van der Waals surface area contributed by atoms with Gasteiger partial charge in [0, 0.05) is 18.8 Å². The molecule has 88 valence electrons. The summed E-state index contributed by atoms with van der Waals surface area (Å²) in [4.78, 5) is 3.88. The number of rotatable bonds is 3. The van der Waals surface area contributed by atoms with Crippen LogP contribution in [0.1, 0.15) is 5.56 Å². The molecule has 0 aliphatic heterocycles. The molecule has 0 aliphatic rings. The summed E-state index contributed by atoms with van der Waals surface area (Å²) in [6, 6.07) is 4.63. The minimum atomic E-state index is -0.635. The molecule has 0 atom stereocenters. The van der Waals surface area contributed by atoms with E-state index in [2.05, 4.69) is 4.98 Å². The third-order valence-electron chi connectivity index (χ3n) is 2.13. The van der Waals surface area contributed by atoms with Crippen LogP contribution in [0.3, 0.4) is 0 Å². The first-order chi connectivity index (χ1) is 8.19. The molecule has 0 bridgehead atoms. The number of hydrogen-bond donors (Lipinski definition) is 1. The van der Waals surface area contributed by atoms with Gasteiger partial charge >= 0.3 is 0 Å². The van der Waals surface area contributed by atoms with Crippen molar-refractivity contribution >= 4 is 0 Å². The second-order valence-corrected chi connectivity index (χ2v) is 3.41. The lowest BCUT2D eigenvalue weighted by molar-refractivity contribution is 0.434. The van der Waals surface area contributed by atoms with Crippen LogP contribution in [-0.2, 0) is 6.54 Å². The van der Waals surface area contributed by atoms with Crippen LogP contribution in [0.5, 0.6) is 11.5 Å². The Hall–Kier alpha value is -2.01. The largest absolute Gasteiger partial charge is 0.453 e. The molecule has 0 radical (unpaired) electrons. The second kappa shape index (κ2) is 4.88. The SMILES string of the molecule is NCc1cncc(Oc2cc(F)ccc2F)c1. The number of pyridine rings is 1. The molecule has 0 spiro atoms. The summed E-state index contributed by atoms with van der Waals surface area (Å²) in [5.41, 5.74) is 6.19. The predicted octanol–water partition coefficient (Wildman–Crippen LogP) is 2.61. The highest BCUT2D eigenvalue weighted by Crippen LogP contribution is 2.25. The molecule has 0 saturated carbocycles. The number of benzene rings is 1. The van der Waals surface area contributed by atoms with E-state index >= 15 is 0 Å². The Balaban J connectivity index is 2.27. The summed E-state index contributed by atoms with van der Waals surface area (Å²) < 4.78 is 31.4. The quantitative estimate of drug-likeness (QED) is 0.891.